The molecule has 0 saturated heterocycles. The highest BCUT2D eigenvalue weighted by molar-refractivity contribution is 9.12. The lowest BCUT2D eigenvalue weighted by molar-refractivity contribution is -0.142. The van der Waals surface area contributed by atoms with Crippen LogP contribution in [0, 0.1) is 0 Å². The molecule has 0 amide bonds. The smallest absolute Gasteiger partial charge is 0.323 e. The summed E-state index contributed by atoms with van der Waals surface area (Å²) in [6.45, 7) is 2.10. The Morgan fingerprint density at radius 1 is 1.58 bits per heavy atom. The number of hydrogen-bond donors (Lipinski definition) is 0. The molecule has 1 atom stereocenters. The van der Waals surface area contributed by atoms with Crippen molar-refractivity contribution >= 4 is 37.8 Å². The molecule has 12 heavy (non-hydrogen) atoms. The minimum absolute atomic E-state index is 0.201. The normalized spacial score (nSPS) is 15.3. The van der Waals surface area contributed by atoms with Crippen LogP contribution in [-0.4, -0.2) is 22.7 Å². The van der Waals surface area contributed by atoms with Crippen LogP contribution in [-0.2, 0) is 9.53 Å². The molecular weight excluding hydrogens is 288 g/mol. The Balaban J connectivity index is 4.13. The van der Waals surface area contributed by atoms with Gasteiger partial charge in [-0.1, -0.05) is 51.6 Å². The number of unbranched alkanes of at least 4 members (excludes halogenated alkanes) is 1. The standard InChI is InChI=1S/C8H14Br2O2/c1-3-4-5-8(10,6-9)7(11)12-2/h3-6H2,1-2H3. The van der Waals surface area contributed by atoms with Crippen molar-refractivity contribution in [2.75, 3.05) is 12.4 Å². The molecule has 4 heteroatoms. The number of esters is 1. The molecule has 0 aliphatic rings. The summed E-state index contributed by atoms with van der Waals surface area (Å²) in [6, 6.07) is 0. The Morgan fingerprint density at radius 2 is 2.17 bits per heavy atom. The molecule has 0 radical (unpaired) electrons. The van der Waals surface area contributed by atoms with Gasteiger partial charge in [0.15, 0.2) is 0 Å². The first-order valence-corrected chi connectivity index (χ1v) is 5.85. The predicted octanol–water partition coefficient (Wildman–Crippen LogP) is 2.88. The van der Waals surface area contributed by atoms with Crippen LogP contribution < -0.4 is 0 Å². The van der Waals surface area contributed by atoms with Gasteiger partial charge in [-0.25, -0.2) is 0 Å². The summed E-state index contributed by atoms with van der Waals surface area (Å²) in [6.07, 6.45) is 2.91. The van der Waals surface area contributed by atoms with Gasteiger partial charge in [-0.15, -0.1) is 0 Å². The quantitative estimate of drug-likeness (QED) is 0.576. The van der Waals surface area contributed by atoms with E-state index in [4.69, 9.17) is 0 Å². The van der Waals surface area contributed by atoms with Crippen LogP contribution in [0.1, 0.15) is 26.2 Å². The first kappa shape index (κ1) is 12.4. The highest BCUT2D eigenvalue weighted by atomic mass is 79.9. The minimum atomic E-state index is -0.530. The fourth-order valence-electron chi connectivity index (χ4n) is 0.863. The summed E-state index contributed by atoms with van der Waals surface area (Å²) in [5, 5.41) is 0.590. The second-order valence-electron chi connectivity index (χ2n) is 2.69. The summed E-state index contributed by atoms with van der Waals surface area (Å²) in [5.74, 6) is -0.201. The molecule has 0 bridgehead atoms. The van der Waals surface area contributed by atoms with E-state index < -0.39 is 4.32 Å². The molecule has 0 heterocycles. The molecule has 0 aliphatic carbocycles. The number of ether oxygens (including phenoxy) is 1. The Hall–Kier alpha value is 0.430. The number of hydrogen-bond acceptors (Lipinski definition) is 2. The molecule has 0 fully saturated rings. The highest BCUT2D eigenvalue weighted by Gasteiger charge is 2.34. The fraction of sp³-hybridized carbons (Fsp3) is 0.875. The van der Waals surface area contributed by atoms with Crippen LogP contribution in [0.15, 0.2) is 0 Å². The van der Waals surface area contributed by atoms with E-state index in [9.17, 15) is 4.79 Å². The average Bonchev–Trinajstić information content (AvgIpc) is 2.12. The first-order valence-electron chi connectivity index (χ1n) is 3.94. The zero-order valence-corrected chi connectivity index (χ0v) is 10.6. The van der Waals surface area contributed by atoms with Crippen molar-refractivity contribution in [3.63, 3.8) is 0 Å². The topological polar surface area (TPSA) is 26.3 Å². The summed E-state index contributed by atoms with van der Waals surface area (Å²) in [5.41, 5.74) is 0. The molecular formula is C8H14Br2O2. The Labute approximate surface area is 90.3 Å². The third-order valence-corrected chi connectivity index (χ3v) is 4.40. The molecule has 0 spiro atoms. The van der Waals surface area contributed by atoms with Gasteiger partial charge in [0.2, 0.25) is 0 Å². The maximum Gasteiger partial charge on any atom is 0.323 e. The van der Waals surface area contributed by atoms with E-state index >= 15 is 0 Å². The lowest BCUT2D eigenvalue weighted by atomic mass is 10.0. The predicted molar refractivity (Wildman–Crippen MR) is 57.0 cm³/mol. The van der Waals surface area contributed by atoms with E-state index in [0.717, 1.165) is 19.3 Å². The van der Waals surface area contributed by atoms with Crippen molar-refractivity contribution in [1.82, 2.24) is 0 Å². The third kappa shape index (κ3) is 3.44. The molecule has 1 unspecified atom stereocenters. The number of rotatable bonds is 5. The maximum atomic E-state index is 11.3. The van der Waals surface area contributed by atoms with Crippen molar-refractivity contribution in [2.24, 2.45) is 0 Å². The van der Waals surface area contributed by atoms with Gasteiger partial charge in [0.1, 0.15) is 4.32 Å². The molecule has 0 aromatic carbocycles. The van der Waals surface area contributed by atoms with Gasteiger partial charge in [0, 0.05) is 5.33 Å². The van der Waals surface area contributed by atoms with E-state index in [1.54, 1.807) is 0 Å². The van der Waals surface area contributed by atoms with E-state index in [0.29, 0.717) is 5.33 Å². The lowest BCUT2D eigenvalue weighted by Gasteiger charge is -2.21. The number of alkyl halides is 2. The zero-order chi connectivity index (χ0) is 9.61. The molecule has 2 nitrogen and oxygen atoms in total. The zero-order valence-electron chi connectivity index (χ0n) is 7.40. The summed E-state index contributed by atoms with van der Waals surface area (Å²) >= 11 is 6.69. The Morgan fingerprint density at radius 3 is 2.50 bits per heavy atom. The summed E-state index contributed by atoms with van der Waals surface area (Å²) < 4.78 is 4.16. The highest BCUT2D eigenvalue weighted by Crippen LogP contribution is 2.28. The van der Waals surface area contributed by atoms with E-state index in [-0.39, 0.29) is 5.97 Å². The van der Waals surface area contributed by atoms with Crippen LogP contribution in [0.3, 0.4) is 0 Å². The monoisotopic (exact) mass is 300 g/mol. The first-order chi connectivity index (χ1) is 5.60. The van der Waals surface area contributed by atoms with Gasteiger partial charge in [-0.3, -0.25) is 4.79 Å². The SMILES string of the molecule is CCCCC(Br)(CBr)C(=O)OC. The van der Waals surface area contributed by atoms with E-state index in [2.05, 4.69) is 43.5 Å². The maximum absolute atomic E-state index is 11.3. The molecule has 0 N–H and O–H groups in total. The lowest BCUT2D eigenvalue weighted by Crippen LogP contribution is -2.34. The van der Waals surface area contributed by atoms with Crippen molar-refractivity contribution < 1.29 is 9.53 Å². The molecule has 0 saturated carbocycles. The van der Waals surface area contributed by atoms with Crippen LogP contribution in [0.25, 0.3) is 0 Å². The molecule has 0 rings (SSSR count). The second kappa shape index (κ2) is 5.97. The van der Waals surface area contributed by atoms with Crippen molar-refractivity contribution in [2.45, 2.75) is 30.5 Å². The van der Waals surface area contributed by atoms with Gasteiger partial charge < -0.3 is 4.74 Å². The molecule has 0 aromatic heterocycles. The molecule has 0 aliphatic heterocycles. The number of carbonyl (C=O) groups is 1. The number of carbonyl (C=O) groups excluding carboxylic acids is 1. The summed E-state index contributed by atoms with van der Waals surface area (Å²) in [4.78, 5) is 11.3. The minimum Gasteiger partial charge on any atom is -0.468 e. The van der Waals surface area contributed by atoms with Gasteiger partial charge in [0.25, 0.3) is 0 Å². The summed E-state index contributed by atoms with van der Waals surface area (Å²) in [7, 11) is 1.41. The largest absolute Gasteiger partial charge is 0.468 e. The van der Waals surface area contributed by atoms with E-state index in [1.807, 2.05) is 0 Å². The van der Waals surface area contributed by atoms with Crippen LogP contribution in [0.2, 0.25) is 0 Å². The third-order valence-electron chi connectivity index (χ3n) is 1.69. The molecule has 72 valence electrons. The Kier molecular flexibility index (Phi) is 6.19. The van der Waals surface area contributed by atoms with Crippen LogP contribution in [0.4, 0.5) is 0 Å². The average molecular weight is 302 g/mol. The molecule has 0 aromatic rings. The fourth-order valence-corrected chi connectivity index (χ4v) is 1.81. The van der Waals surface area contributed by atoms with Gasteiger partial charge in [0.05, 0.1) is 7.11 Å². The number of halogens is 2. The van der Waals surface area contributed by atoms with Crippen LogP contribution >= 0.6 is 31.9 Å². The van der Waals surface area contributed by atoms with Crippen molar-refractivity contribution in [3.8, 4) is 0 Å². The Bertz CT molecular complexity index is 150. The van der Waals surface area contributed by atoms with E-state index in [1.165, 1.54) is 7.11 Å². The van der Waals surface area contributed by atoms with Crippen molar-refractivity contribution in [1.29, 1.82) is 0 Å². The van der Waals surface area contributed by atoms with Gasteiger partial charge in [-0.2, -0.15) is 0 Å². The second-order valence-corrected chi connectivity index (χ2v) is 4.77. The number of methoxy groups -OCH3 is 1. The van der Waals surface area contributed by atoms with Crippen molar-refractivity contribution in [3.05, 3.63) is 0 Å². The van der Waals surface area contributed by atoms with Crippen LogP contribution in [0.5, 0.6) is 0 Å². The van der Waals surface area contributed by atoms with Gasteiger partial charge in [-0.05, 0) is 6.42 Å². The van der Waals surface area contributed by atoms with Gasteiger partial charge >= 0.3 is 5.97 Å².